The molecule has 0 aromatic carbocycles. The molecule has 0 aromatic rings. The summed E-state index contributed by atoms with van der Waals surface area (Å²) in [6, 6.07) is 0. The van der Waals surface area contributed by atoms with Gasteiger partial charge in [-0.15, -0.1) is 0 Å². The third kappa shape index (κ3) is 18.1. The highest BCUT2D eigenvalue weighted by atomic mass is 16.8. The number of carbonyl (C=O) groups excluding carboxylic acids is 1. The number of aliphatic carboxylic acids is 1. The topological polar surface area (TPSA) is 590 Å². The average molecular weight is 1700 g/mol. The molecule has 41 atom stereocenters. The van der Waals surface area contributed by atoms with Crippen LogP contribution in [0.5, 0.6) is 0 Å². The lowest BCUT2D eigenvalue weighted by molar-refractivity contribution is -0.392. The van der Waals surface area contributed by atoms with E-state index >= 15 is 4.79 Å². The second-order valence-corrected chi connectivity index (χ2v) is 37.5. The molecule has 0 amide bonds. The van der Waals surface area contributed by atoms with Crippen molar-refractivity contribution in [1.82, 2.24) is 16.0 Å². The first kappa shape index (κ1) is 94.5. The van der Waals surface area contributed by atoms with Crippen LogP contribution in [0.4, 0.5) is 0 Å². The Morgan fingerprint density at radius 3 is 1.81 bits per heavy atom. The van der Waals surface area contributed by atoms with Gasteiger partial charge in [-0.1, -0.05) is 60.1 Å². The van der Waals surface area contributed by atoms with E-state index in [0.29, 0.717) is 71.1 Å². The lowest BCUT2D eigenvalue weighted by atomic mass is 9.33. The minimum Gasteiger partial charge on any atom is -0.479 e. The van der Waals surface area contributed by atoms with Crippen LogP contribution in [0.3, 0.4) is 0 Å². The molecular formula is C80H136N4O34. The third-order valence-electron chi connectivity index (χ3n) is 29.5. The Hall–Kier alpha value is -2.68. The highest BCUT2D eigenvalue weighted by Crippen LogP contribution is 2.76. The van der Waals surface area contributed by atoms with E-state index in [4.69, 9.17) is 72.0 Å². The first-order valence-corrected chi connectivity index (χ1v) is 42.5. The molecule has 23 N–H and O–H groups in total. The van der Waals surface area contributed by atoms with E-state index in [1.54, 1.807) is 13.8 Å². The molecule has 0 radical (unpaired) electrons. The summed E-state index contributed by atoms with van der Waals surface area (Å²) < 4.78 is 86.1. The van der Waals surface area contributed by atoms with E-state index in [2.05, 4.69) is 63.6 Å². The molecule has 118 heavy (non-hydrogen) atoms. The fourth-order valence-corrected chi connectivity index (χ4v) is 22.1. The molecule has 680 valence electrons. The van der Waals surface area contributed by atoms with Gasteiger partial charge in [-0.2, -0.15) is 0 Å². The van der Waals surface area contributed by atoms with Gasteiger partial charge in [0.15, 0.2) is 49.9 Å². The van der Waals surface area contributed by atoms with E-state index in [-0.39, 0.29) is 30.1 Å². The van der Waals surface area contributed by atoms with Crippen molar-refractivity contribution in [2.75, 3.05) is 78.8 Å². The number of nitrogens with two attached hydrogens (primary N) is 1. The van der Waals surface area contributed by atoms with Gasteiger partial charge >= 0.3 is 11.9 Å². The van der Waals surface area contributed by atoms with Crippen molar-refractivity contribution in [2.45, 2.75) is 342 Å². The number of aliphatic hydroxyl groups is 17. The number of nitrogens with one attached hydrogen (secondary N) is 3. The zero-order chi connectivity index (χ0) is 85.8. The lowest BCUT2D eigenvalue weighted by Gasteiger charge is -2.72. The van der Waals surface area contributed by atoms with Crippen molar-refractivity contribution >= 4 is 11.9 Å². The number of hydrogen-bond acceptors (Lipinski definition) is 37. The molecule has 0 aromatic heterocycles. The van der Waals surface area contributed by atoms with Crippen molar-refractivity contribution in [3.63, 3.8) is 0 Å². The summed E-state index contributed by atoms with van der Waals surface area (Å²) in [5.41, 5.74) is -0.143. The highest BCUT2D eigenvalue weighted by Gasteiger charge is 2.73. The van der Waals surface area contributed by atoms with Crippen molar-refractivity contribution < 1.29 is 168 Å². The zero-order valence-corrected chi connectivity index (χ0v) is 69.1. The zero-order valence-electron chi connectivity index (χ0n) is 69.1. The maximum absolute atomic E-state index is 16.0. The van der Waals surface area contributed by atoms with Gasteiger partial charge in [0.1, 0.15) is 115 Å². The standard InChI is InChI=1S/C80H136N4O34/c1-36-48(90)68(109-38(3)58(36)112-67-57(99)59(42(88)32-106-67)113-72-64(100)79(104,34-86)35-107-72)116-62-53(95)49(91)37(2)108-70(62)118-73(103)80-21-20-74(4,5)28-40(80)39-14-15-45-75(6)18-17-47(76(7,44(75)16-19-77(45,8)78(39,9)29-46(80)89)33-84-27-13-26-83-24-11-10-23-82-25-12-22-81)111-71-63(117-69-55(97)52(94)51(93)43(30-85)110-69)60(56(98)61(115-71)65(101)102)114-66-54(96)50(92)41(87)31-105-66/h14,36-38,40-64,66-72,82-100,104H,10-13,15-35,81H2,1-9H3,(H,101,102)/t36?,37?,38?,40?,41?,42?,43?,44?,45?,46-,47+,48?,49?,50?,51?,52?,53?,54?,55?,56?,57?,58?,59?,60?,61?,62?,63?,64?,66?,67?,68?,69?,70?,71?,72?,75+,76+,77-,78-,79?,80-/m1/s1. The van der Waals surface area contributed by atoms with E-state index in [1.165, 1.54) is 6.92 Å². The largest absolute Gasteiger partial charge is 0.479 e. The second-order valence-electron chi connectivity index (χ2n) is 37.5. The predicted octanol–water partition coefficient (Wildman–Crippen LogP) is -4.98. The number of esters is 1. The molecule has 12 aliphatic rings. The summed E-state index contributed by atoms with van der Waals surface area (Å²) in [7, 11) is 0. The van der Waals surface area contributed by atoms with Crippen LogP contribution >= 0.6 is 0 Å². The van der Waals surface area contributed by atoms with Crippen LogP contribution in [0.25, 0.3) is 0 Å². The van der Waals surface area contributed by atoms with Crippen LogP contribution in [-0.2, 0) is 75.9 Å². The van der Waals surface area contributed by atoms with Crippen LogP contribution < -0.4 is 21.7 Å². The number of unbranched alkanes of at least 4 members (excludes halogenated alkanes) is 1. The molecule has 0 spiro atoms. The van der Waals surface area contributed by atoms with Crippen LogP contribution in [0, 0.1) is 56.2 Å². The summed E-state index contributed by atoms with van der Waals surface area (Å²) in [4.78, 5) is 29.3. The van der Waals surface area contributed by atoms with Gasteiger partial charge in [0.05, 0.1) is 63.6 Å². The minimum absolute atomic E-state index is 0.101. The predicted molar refractivity (Wildman–Crippen MR) is 405 cm³/mol. The molecule has 7 saturated heterocycles. The van der Waals surface area contributed by atoms with Crippen molar-refractivity contribution in [1.29, 1.82) is 0 Å². The number of aliphatic hydroxyl groups excluding tert-OH is 16. The number of ether oxygens (including phenoxy) is 14. The van der Waals surface area contributed by atoms with Gasteiger partial charge in [-0.25, -0.2) is 4.79 Å². The fourth-order valence-electron chi connectivity index (χ4n) is 22.1. The minimum atomic E-state index is -2.18. The number of allylic oxidation sites excluding steroid dienone is 2. The first-order valence-electron chi connectivity index (χ1n) is 42.5. The Bertz CT molecular complexity index is 3330. The number of carboxylic acid groups (broad SMARTS) is 1. The summed E-state index contributed by atoms with van der Waals surface area (Å²) in [6.07, 6.45) is -41.8. The molecule has 11 fully saturated rings. The quantitative estimate of drug-likeness (QED) is 0.0134. The Kier molecular flexibility index (Phi) is 30.5. The number of fused-ring (bicyclic) bond motifs is 7. The molecule has 5 aliphatic carbocycles. The highest BCUT2D eigenvalue weighted by molar-refractivity contribution is 5.80. The Morgan fingerprint density at radius 1 is 0.534 bits per heavy atom. The van der Waals surface area contributed by atoms with Crippen LogP contribution in [-0.4, -0.2) is 379 Å². The summed E-state index contributed by atoms with van der Waals surface area (Å²) in [5, 5.41) is 212. The summed E-state index contributed by atoms with van der Waals surface area (Å²) >= 11 is 0. The molecule has 7 aliphatic heterocycles. The van der Waals surface area contributed by atoms with E-state index in [0.717, 1.165) is 50.9 Å². The van der Waals surface area contributed by atoms with Gasteiger partial charge in [-0.05, 0) is 176 Å². The normalized spacial score (nSPS) is 50.3. The first-order chi connectivity index (χ1) is 55.7. The molecule has 34 unspecified atom stereocenters. The van der Waals surface area contributed by atoms with Gasteiger partial charge < -0.3 is 180 Å². The Labute approximate surface area is 687 Å². The Morgan fingerprint density at radius 2 is 1.14 bits per heavy atom. The Balaban J connectivity index is 0.801. The molecular weight excluding hydrogens is 1560 g/mol. The molecule has 38 heteroatoms. The van der Waals surface area contributed by atoms with Crippen molar-refractivity contribution in [3.05, 3.63) is 11.6 Å². The van der Waals surface area contributed by atoms with E-state index in [9.17, 15) is 96.7 Å². The number of carbonyl (C=O) groups is 2. The lowest BCUT2D eigenvalue weighted by Crippen LogP contribution is -2.70. The maximum atomic E-state index is 16.0. The third-order valence-corrected chi connectivity index (χ3v) is 29.5. The fraction of sp³-hybridized carbons (Fsp3) is 0.950. The monoisotopic (exact) mass is 1700 g/mol. The van der Waals surface area contributed by atoms with Gasteiger partial charge in [-0.3, -0.25) is 4.79 Å². The molecule has 38 nitrogen and oxygen atoms in total. The summed E-state index contributed by atoms with van der Waals surface area (Å²) in [5.74, 6) is -4.32. The summed E-state index contributed by atoms with van der Waals surface area (Å²) in [6.45, 7) is 19.3. The molecule has 12 rings (SSSR count). The van der Waals surface area contributed by atoms with Crippen molar-refractivity contribution in [3.8, 4) is 0 Å². The SMILES string of the molecule is CC1OC(OC(=O)[C@]23CCC(C)(C)CC2C2=CCC4[C@@]5(C)CC[C@H](OC6OC(C(=O)O)C(O)C(OC7OCC(O)C(O)C7O)C6OC6OC(CO)C(O)C(O)C6O)[C@@](C)(CNCCCNCCCCNCCCN)C5CC[C@@]4(C)[C@]2(C)C[C@H]3O)C(OC2OC(C)C(OC3OCC(O)C(OC4OCC(O)(CO)C4O)C3O)C(C)C2O)C(O)C1O. The van der Waals surface area contributed by atoms with Crippen LogP contribution in [0.15, 0.2) is 11.6 Å². The van der Waals surface area contributed by atoms with Gasteiger partial charge in [0.2, 0.25) is 6.29 Å². The number of carboxylic acids is 1. The average Bonchev–Trinajstić information content (AvgIpc) is 0.822. The maximum Gasteiger partial charge on any atom is 0.335 e. The molecule has 0 bridgehead atoms. The molecule has 7 heterocycles. The number of rotatable bonds is 31. The van der Waals surface area contributed by atoms with Gasteiger partial charge in [0, 0.05) is 17.9 Å². The van der Waals surface area contributed by atoms with Gasteiger partial charge in [0.25, 0.3) is 0 Å². The number of hydrogen-bond donors (Lipinski definition) is 22. The molecule has 4 saturated carbocycles. The van der Waals surface area contributed by atoms with E-state index < -0.39 is 280 Å². The van der Waals surface area contributed by atoms with E-state index in [1.807, 2.05) is 0 Å². The van der Waals surface area contributed by atoms with Crippen molar-refractivity contribution in [2.24, 2.45) is 61.9 Å². The smallest absolute Gasteiger partial charge is 0.335 e. The van der Waals surface area contributed by atoms with Crippen LogP contribution in [0.2, 0.25) is 0 Å². The van der Waals surface area contributed by atoms with Crippen LogP contribution in [0.1, 0.15) is 146 Å². The second kappa shape index (κ2) is 38.1.